The summed E-state index contributed by atoms with van der Waals surface area (Å²) in [6, 6.07) is 6.20. The Labute approximate surface area is 155 Å². The van der Waals surface area contributed by atoms with Gasteiger partial charge in [-0.05, 0) is 36.5 Å². The number of thiocarbonyl (C=S) groups is 1. The van der Waals surface area contributed by atoms with Crippen LogP contribution in [0.25, 0.3) is 0 Å². The molecule has 0 saturated carbocycles. The second-order valence-electron chi connectivity index (χ2n) is 4.80. The van der Waals surface area contributed by atoms with E-state index in [4.69, 9.17) is 22.1 Å². The largest absolute Gasteiger partial charge is 0.456 e. The number of alkyl halides is 3. The van der Waals surface area contributed by atoms with Crippen LogP contribution in [0.3, 0.4) is 0 Å². The fourth-order valence-corrected chi connectivity index (χ4v) is 2.12. The summed E-state index contributed by atoms with van der Waals surface area (Å²) < 4.78 is 43.4. The Bertz CT molecular complexity index is 864. The zero-order chi connectivity index (χ0) is 19.5. The lowest BCUT2D eigenvalue weighted by Gasteiger charge is -2.13. The molecule has 0 radical (unpaired) electrons. The quantitative estimate of drug-likeness (QED) is 0.388. The fourth-order valence-electron chi connectivity index (χ4n) is 1.85. The number of anilines is 1. The Morgan fingerprint density at radius 1 is 1.27 bits per heavy atom. The number of nitrogens with zero attached hydrogens (tertiary/aromatic N) is 1. The molecule has 0 heterocycles. The Hall–Kier alpha value is -2.79. The van der Waals surface area contributed by atoms with Crippen molar-refractivity contribution in [3.8, 4) is 11.5 Å². The van der Waals surface area contributed by atoms with Crippen LogP contribution in [0.4, 0.5) is 24.5 Å². The van der Waals surface area contributed by atoms with Gasteiger partial charge >= 0.3 is 6.18 Å². The molecule has 0 unspecified atom stereocenters. The molecular formula is C14H10ClF3N4O3S. The first-order valence-electron chi connectivity index (χ1n) is 6.72. The van der Waals surface area contributed by atoms with Crippen LogP contribution >= 0.6 is 23.8 Å². The summed E-state index contributed by atoms with van der Waals surface area (Å²) >= 11 is 10.4. The Kier molecular flexibility index (Phi) is 5.73. The van der Waals surface area contributed by atoms with Crippen molar-refractivity contribution in [1.29, 1.82) is 0 Å². The zero-order valence-electron chi connectivity index (χ0n) is 12.6. The van der Waals surface area contributed by atoms with E-state index in [2.05, 4.69) is 23.1 Å². The summed E-state index contributed by atoms with van der Waals surface area (Å²) in [6.45, 7) is 0. The molecule has 0 aliphatic rings. The van der Waals surface area contributed by atoms with Crippen LogP contribution in [0, 0.1) is 10.1 Å². The van der Waals surface area contributed by atoms with Gasteiger partial charge in [0.2, 0.25) is 0 Å². The molecular weight excluding hydrogens is 397 g/mol. The van der Waals surface area contributed by atoms with Crippen molar-refractivity contribution in [2.24, 2.45) is 5.73 Å². The minimum atomic E-state index is -4.54. The van der Waals surface area contributed by atoms with E-state index in [-0.39, 0.29) is 33.0 Å². The van der Waals surface area contributed by atoms with E-state index >= 15 is 0 Å². The normalized spacial score (nSPS) is 10.9. The molecule has 0 amide bonds. The molecule has 2 aromatic carbocycles. The molecule has 0 spiro atoms. The number of halogens is 4. The number of rotatable bonds is 5. The summed E-state index contributed by atoms with van der Waals surface area (Å²) in [5.74, 6) is 0.0336. The number of hydrazine groups is 1. The Morgan fingerprint density at radius 3 is 2.50 bits per heavy atom. The average molecular weight is 407 g/mol. The lowest BCUT2D eigenvalue weighted by molar-refractivity contribution is -0.384. The maximum Gasteiger partial charge on any atom is 0.416 e. The van der Waals surface area contributed by atoms with Crippen LogP contribution in [0.2, 0.25) is 5.02 Å². The summed E-state index contributed by atoms with van der Waals surface area (Å²) in [4.78, 5) is 10.4. The van der Waals surface area contributed by atoms with Crippen molar-refractivity contribution in [2.75, 3.05) is 5.43 Å². The minimum Gasteiger partial charge on any atom is -0.456 e. The number of ether oxygens (including phenoxy) is 1. The predicted molar refractivity (Wildman–Crippen MR) is 93.2 cm³/mol. The van der Waals surface area contributed by atoms with Crippen LogP contribution in [0.1, 0.15) is 5.56 Å². The van der Waals surface area contributed by atoms with E-state index in [1.807, 2.05) is 0 Å². The molecule has 4 N–H and O–H groups in total. The minimum absolute atomic E-state index is 0.0247. The molecule has 0 atom stereocenters. The molecule has 7 nitrogen and oxygen atoms in total. The molecule has 2 rings (SSSR count). The van der Waals surface area contributed by atoms with Gasteiger partial charge < -0.3 is 10.5 Å². The molecule has 2 aromatic rings. The number of nitrogens with two attached hydrogens (primary N) is 1. The van der Waals surface area contributed by atoms with E-state index in [0.717, 1.165) is 24.3 Å². The summed E-state index contributed by atoms with van der Waals surface area (Å²) in [7, 11) is 0. The number of nitrogens with one attached hydrogen (secondary N) is 2. The smallest absolute Gasteiger partial charge is 0.416 e. The average Bonchev–Trinajstić information content (AvgIpc) is 2.53. The van der Waals surface area contributed by atoms with Crippen molar-refractivity contribution >= 4 is 40.3 Å². The van der Waals surface area contributed by atoms with E-state index in [1.54, 1.807) is 0 Å². The highest BCUT2D eigenvalue weighted by Crippen LogP contribution is 2.37. The number of nitro benzene ring substituents is 1. The predicted octanol–water partition coefficient (Wildman–Crippen LogP) is 4.22. The molecule has 12 heteroatoms. The van der Waals surface area contributed by atoms with Gasteiger partial charge in [0, 0.05) is 12.1 Å². The highest BCUT2D eigenvalue weighted by Gasteiger charge is 2.31. The van der Waals surface area contributed by atoms with Gasteiger partial charge in [0.25, 0.3) is 5.69 Å². The lowest BCUT2D eigenvalue weighted by atomic mass is 10.2. The van der Waals surface area contributed by atoms with Gasteiger partial charge in [-0.3, -0.25) is 21.0 Å². The first-order chi connectivity index (χ1) is 12.1. The number of hydrogen-bond acceptors (Lipinski definition) is 5. The van der Waals surface area contributed by atoms with E-state index in [9.17, 15) is 23.3 Å². The highest BCUT2D eigenvalue weighted by molar-refractivity contribution is 7.80. The summed E-state index contributed by atoms with van der Waals surface area (Å²) in [5.41, 5.74) is 8.76. The third-order valence-electron chi connectivity index (χ3n) is 2.97. The van der Waals surface area contributed by atoms with E-state index in [0.29, 0.717) is 0 Å². The topological polar surface area (TPSA) is 102 Å². The van der Waals surface area contributed by atoms with Crippen LogP contribution in [-0.2, 0) is 6.18 Å². The highest BCUT2D eigenvalue weighted by atomic mass is 35.5. The molecule has 138 valence electrons. The van der Waals surface area contributed by atoms with Gasteiger partial charge in [-0.1, -0.05) is 11.6 Å². The number of nitro groups is 1. The summed E-state index contributed by atoms with van der Waals surface area (Å²) in [6.07, 6.45) is -4.54. The molecule has 26 heavy (non-hydrogen) atoms. The molecule has 0 aliphatic carbocycles. The summed E-state index contributed by atoms with van der Waals surface area (Å²) in [5, 5.41) is 10.6. The number of benzene rings is 2. The maximum atomic E-state index is 12.7. The molecule has 0 bridgehead atoms. The SMILES string of the molecule is NC(=S)NNc1cc(Oc2ccc(C(F)(F)F)cc2Cl)ccc1[N+](=O)[O-]. The van der Waals surface area contributed by atoms with Gasteiger partial charge in [-0.2, -0.15) is 13.2 Å². The third-order valence-corrected chi connectivity index (χ3v) is 3.37. The van der Waals surface area contributed by atoms with Crippen molar-refractivity contribution in [3.05, 3.63) is 57.1 Å². The van der Waals surface area contributed by atoms with Crippen LogP contribution < -0.4 is 21.3 Å². The van der Waals surface area contributed by atoms with Crippen molar-refractivity contribution in [1.82, 2.24) is 5.43 Å². The van der Waals surface area contributed by atoms with Crippen molar-refractivity contribution in [3.63, 3.8) is 0 Å². The van der Waals surface area contributed by atoms with Gasteiger partial charge in [-0.25, -0.2) is 0 Å². The van der Waals surface area contributed by atoms with Gasteiger partial charge in [-0.15, -0.1) is 0 Å². The molecule has 0 aliphatic heterocycles. The molecule has 0 aromatic heterocycles. The van der Waals surface area contributed by atoms with Crippen LogP contribution in [0.15, 0.2) is 36.4 Å². The first kappa shape index (κ1) is 19.5. The monoisotopic (exact) mass is 406 g/mol. The maximum absolute atomic E-state index is 12.7. The lowest BCUT2D eigenvalue weighted by Crippen LogP contribution is -2.34. The Morgan fingerprint density at radius 2 is 1.96 bits per heavy atom. The van der Waals surface area contributed by atoms with Crippen LogP contribution in [0.5, 0.6) is 11.5 Å². The van der Waals surface area contributed by atoms with Crippen molar-refractivity contribution < 1.29 is 22.8 Å². The standard InChI is InChI=1S/C14H10ClF3N4O3S/c15-9-5-7(14(16,17)18)1-4-12(9)25-8-2-3-11(22(23)24)10(6-8)20-21-13(19)26/h1-6,20H,(H3,19,21,26). The van der Waals surface area contributed by atoms with Gasteiger partial charge in [0.1, 0.15) is 17.2 Å². The van der Waals surface area contributed by atoms with Crippen LogP contribution in [-0.4, -0.2) is 10.0 Å². The fraction of sp³-hybridized carbons (Fsp3) is 0.0714. The van der Waals surface area contributed by atoms with Gasteiger partial charge in [0.05, 0.1) is 15.5 Å². The third kappa shape index (κ3) is 4.86. The van der Waals surface area contributed by atoms with E-state index < -0.39 is 16.7 Å². The zero-order valence-corrected chi connectivity index (χ0v) is 14.2. The molecule has 0 saturated heterocycles. The Balaban J connectivity index is 2.30. The molecule has 0 fully saturated rings. The van der Waals surface area contributed by atoms with E-state index in [1.165, 1.54) is 12.1 Å². The number of hydrogen-bond donors (Lipinski definition) is 3. The van der Waals surface area contributed by atoms with Gasteiger partial charge in [0.15, 0.2) is 5.11 Å². The second-order valence-corrected chi connectivity index (χ2v) is 5.64. The first-order valence-corrected chi connectivity index (χ1v) is 7.51. The van der Waals surface area contributed by atoms with Crippen molar-refractivity contribution in [2.45, 2.75) is 6.18 Å². The second kappa shape index (κ2) is 7.62.